The Balaban J connectivity index is 1.71. The number of rotatable bonds is 3. The molecule has 0 radical (unpaired) electrons. The smallest absolute Gasteiger partial charge is 0.0888 e. The van der Waals surface area contributed by atoms with E-state index in [0.717, 1.165) is 0 Å². The van der Waals surface area contributed by atoms with E-state index in [-0.39, 0.29) is 11.0 Å². The summed E-state index contributed by atoms with van der Waals surface area (Å²) in [4.78, 5) is 5.67. The molecule has 0 amide bonds. The molecule has 3 aliphatic rings. The molecule has 0 aromatic heterocycles. The molecule has 2 heteroatoms. The SMILES string of the molecule is Cc1ccccc1N1C(C(C)(C)C)N2C(C=CC2(c2ccccc2)C2CCCC2)[C@@H]1C. The summed E-state index contributed by atoms with van der Waals surface area (Å²) < 4.78 is 0. The van der Waals surface area contributed by atoms with Crippen molar-refractivity contribution < 1.29 is 0 Å². The Morgan fingerprint density at radius 3 is 2.19 bits per heavy atom. The lowest BCUT2D eigenvalue weighted by molar-refractivity contribution is 0.0108. The molecule has 164 valence electrons. The Hall–Kier alpha value is -2.06. The van der Waals surface area contributed by atoms with Crippen LogP contribution in [0.5, 0.6) is 0 Å². The number of benzene rings is 2. The van der Waals surface area contributed by atoms with Gasteiger partial charge in [0.05, 0.1) is 17.7 Å². The van der Waals surface area contributed by atoms with Gasteiger partial charge in [-0.15, -0.1) is 0 Å². The number of anilines is 1. The summed E-state index contributed by atoms with van der Waals surface area (Å²) in [6, 6.07) is 21.2. The quantitative estimate of drug-likeness (QED) is 0.504. The molecule has 0 spiro atoms. The van der Waals surface area contributed by atoms with E-state index in [9.17, 15) is 0 Å². The average molecular weight is 415 g/mol. The summed E-state index contributed by atoms with van der Waals surface area (Å²) in [6.45, 7) is 12.0. The van der Waals surface area contributed by atoms with E-state index in [4.69, 9.17) is 0 Å². The van der Waals surface area contributed by atoms with Crippen molar-refractivity contribution in [1.82, 2.24) is 4.90 Å². The van der Waals surface area contributed by atoms with Crippen molar-refractivity contribution in [3.8, 4) is 0 Å². The standard InChI is InChI=1S/C29H38N2/c1-21-13-9-12-18-25(21)30-22(2)26-19-20-29(24-16-10-11-17-24,23-14-7-6-8-15-23)31(26)27(30)28(3,4)5/h6-9,12-15,18-20,22,24,26-27H,10-11,16-17H2,1-5H3/t22-,26?,27?,29?/m0/s1. The van der Waals surface area contributed by atoms with Crippen LogP contribution >= 0.6 is 0 Å². The summed E-state index contributed by atoms with van der Waals surface area (Å²) in [6.07, 6.45) is 10.9. The van der Waals surface area contributed by atoms with Crippen LogP contribution in [0.25, 0.3) is 0 Å². The maximum atomic E-state index is 2.93. The van der Waals surface area contributed by atoms with E-state index >= 15 is 0 Å². The second-order valence-corrected chi connectivity index (χ2v) is 11.1. The highest BCUT2D eigenvalue weighted by molar-refractivity contribution is 5.58. The van der Waals surface area contributed by atoms with Crippen LogP contribution in [0, 0.1) is 18.3 Å². The van der Waals surface area contributed by atoms with Crippen LogP contribution in [0.15, 0.2) is 66.7 Å². The second-order valence-electron chi connectivity index (χ2n) is 11.1. The van der Waals surface area contributed by atoms with Crippen molar-refractivity contribution in [2.24, 2.45) is 11.3 Å². The Labute approximate surface area is 189 Å². The van der Waals surface area contributed by atoms with Gasteiger partial charge in [-0.1, -0.05) is 94.3 Å². The van der Waals surface area contributed by atoms with E-state index in [1.165, 1.54) is 42.5 Å². The Kier molecular flexibility index (Phi) is 5.05. The van der Waals surface area contributed by atoms with Gasteiger partial charge in [-0.2, -0.15) is 0 Å². The van der Waals surface area contributed by atoms with Gasteiger partial charge in [0.1, 0.15) is 0 Å². The Bertz CT molecular complexity index is 950. The van der Waals surface area contributed by atoms with Crippen LogP contribution < -0.4 is 4.90 Å². The lowest BCUT2D eigenvalue weighted by atomic mass is 9.75. The molecule has 2 fully saturated rings. The largest absolute Gasteiger partial charge is 0.350 e. The molecule has 0 N–H and O–H groups in total. The van der Waals surface area contributed by atoms with Gasteiger partial charge in [0.25, 0.3) is 0 Å². The first-order valence-electron chi connectivity index (χ1n) is 12.2. The second kappa shape index (κ2) is 7.52. The highest BCUT2D eigenvalue weighted by atomic mass is 15.5. The molecular formula is C29H38N2. The van der Waals surface area contributed by atoms with Crippen molar-refractivity contribution in [2.45, 2.75) is 84.1 Å². The number of para-hydroxylation sites is 1. The third kappa shape index (κ3) is 3.09. The van der Waals surface area contributed by atoms with Gasteiger partial charge in [-0.25, -0.2) is 0 Å². The normalized spacial score (nSPS) is 31.5. The van der Waals surface area contributed by atoms with Gasteiger partial charge in [0, 0.05) is 11.7 Å². The molecular weight excluding hydrogens is 376 g/mol. The maximum absolute atomic E-state index is 2.93. The summed E-state index contributed by atoms with van der Waals surface area (Å²) in [5, 5.41) is 0. The molecule has 0 bridgehead atoms. The van der Waals surface area contributed by atoms with Gasteiger partial charge in [-0.3, -0.25) is 4.90 Å². The molecule has 2 nitrogen and oxygen atoms in total. The minimum absolute atomic E-state index is 0.00787. The molecule has 1 saturated heterocycles. The predicted octanol–water partition coefficient (Wildman–Crippen LogP) is 6.90. The minimum Gasteiger partial charge on any atom is -0.350 e. The van der Waals surface area contributed by atoms with Crippen molar-refractivity contribution in [3.63, 3.8) is 0 Å². The summed E-state index contributed by atoms with van der Waals surface area (Å²) >= 11 is 0. The Morgan fingerprint density at radius 1 is 0.903 bits per heavy atom. The molecule has 2 aromatic rings. The first-order valence-corrected chi connectivity index (χ1v) is 12.2. The fraction of sp³-hybridized carbons (Fsp3) is 0.517. The number of aryl methyl sites for hydroxylation is 1. The number of fused-ring (bicyclic) bond motifs is 1. The fourth-order valence-corrected chi connectivity index (χ4v) is 6.89. The zero-order valence-corrected chi connectivity index (χ0v) is 19.9. The first kappa shape index (κ1) is 20.8. The first-order chi connectivity index (χ1) is 14.9. The minimum atomic E-state index is -0.00787. The molecule has 1 aliphatic carbocycles. The zero-order chi connectivity index (χ0) is 21.8. The number of nitrogens with zero attached hydrogens (tertiary/aromatic N) is 2. The van der Waals surface area contributed by atoms with Crippen molar-refractivity contribution in [3.05, 3.63) is 77.9 Å². The number of hydrogen-bond acceptors (Lipinski definition) is 2. The topological polar surface area (TPSA) is 6.48 Å². The van der Waals surface area contributed by atoms with Gasteiger partial charge >= 0.3 is 0 Å². The van der Waals surface area contributed by atoms with Crippen LogP contribution in [-0.2, 0) is 5.54 Å². The van der Waals surface area contributed by atoms with Gasteiger partial charge in [0.15, 0.2) is 0 Å². The van der Waals surface area contributed by atoms with E-state index < -0.39 is 0 Å². The molecule has 2 aliphatic heterocycles. The van der Waals surface area contributed by atoms with Gasteiger partial charge < -0.3 is 4.90 Å². The molecule has 2 heterocycles. The highest BCUT2D eigenvalue weighted by Crippen LogP contribution is 2.56. The van der Waals surface area contributed by atoms with Crippen LogP contribution in [0.1, 0.15) is 64.5 Å². The molecule has 1 saturated carbocycles. The lowest BCUT2D eigenvalue weighted by Crippen LogP contribution is -2.58. The van der Waals surface area contributed by atoms with Crippen LogP contribution in [0.4, 0.5) is 5.69 Å². The summed E-state index contributed by atoms with van der Waals surface area (Å²) in [5.41, 5.74) is 4.36. The zero-order valence-electron chi connectivity index (χ0n) is 19.9. The van der Waals surface area contributed by atoms with E-state index in [1.807, 2.05) is 0 Å². The lowest BCUT2D eigenvalue weighted by Gasteiger charge is -2.51. The molecule has 4 atom stereocenters. The summed E-state index contributed by atoms with van der Waals surface area (Å²) in [7, 11) is 0. The van der Waals surface area contributed by atoms with Gasteiger partial charge in [-0.05, 0) is 55.2 Å². The van der Waals surface area contributed by atoms with Crippen molar-refractivity contribution in [2.75, 3.05) is 4.90 Å². The molecule has 5 rings (SSSR count). The Morgan fingerprint density at radius 2 is 1.55 bits per heavy atom. The number of hydrogen-bond donors (Lipinski definition) is 0. The predicted molar refractivity (Wildman–Crippen MR) is 131 cm³/mol. The maximum Gasteiger partial charge on any atom is 0.0888 e. The molecule has 31 heavy (non-hydrogen) atoms. The molecule has 2 aromatic carbocycles. The highest BCUT2D eigenvalue weighted by Gasteiger charge is 2.61. The third-order valence-electron chi connectivity index (χ3n) is 8.14. The fourth-order valence-electron chi connectivity index (χ4n) is 6.89. The van der Waals surface area contributed by atoms with E-state index in [1.54, 1.807) is 0 Å². The molecule has 3 unspecified atom stereocenters. The average Bonchev–Trinajstić information content (AvgIpc) is 3.46. The van der Waals surface area contributed by atoms with E-state index in [0.29, 0.717) is 24.2 Å². The monoisotopic (exact) mass is 414 g/mol. The van der Waals surface area contributed by atoms with E-state index in [2.05, 4.69) is 111 Å². The van der Waals surface area contributed by atoms with Crippen LogP contribution in [0.3, 0.4) is 0 Å². The van der Waals surface area contributed by atoms with Crippen molar-refractivity contribution >= 4 is 5.69 Å². The third-order valence-corrected chi connectivity index (χ3v) is 8.14. The van der Waals surface area contributed by atoms with Crippen LogP contribution in [0.2, 0.25) is 0 Å². The summed E-state index contributed by atoms with van der Waals surface area (Å²) in [5.74, 6) is 0.685. The van der Waals surface area contributed by atoms with Gasteiger partial charge in [0.2, 0.25) is 0 Å². The van der Waals surface area contributed by atoms with Crippen LogP contribution in [-0.4, -0.2) is 23.1 Å². The van der Waals surface area contributed by atoms with Crippen molar-refractivity contribution in [1.29, 1.82) is 0 Å².